The van der Waals surface area contributed by atoms with Gasteiger partial charge in [0.25, 0.3) is 0 Å². The van der Waals surface area contributed by atoms with E-state index >= 15 is 0 Å². The van der Waals surface area contributed by atoms with Gasteiger partial charge in [0, 0.05) is 17.3 Å². The first-order valence-electron chi connectivity index (χ1n) is 11.9. The molecular weight excluding hydrogens is 502 g/mol. The van der Waals surface area contributed by atoms with Gasteiger partial charge in [0.05, 0.1) is 49.5 Å². The molecule has 11 nitrogen and oxygen atoms in total. The Hall–Kier alpha value is -5.45. The number of methoxy groups -OCH3 is 1. The second-order valence-electron chi connectivity index (χ2n) is 8.62. The molecule has 5 rings (SSSR count). The lowest BCUT2D eigenvalue weighted by Gasteiger charge is -2.14. The van der Waals surface area contributed by atoms with Crippen LogP contribution in [-0.4, -0.2) is 30.9 Å². The molecule has 0 bridgehead atoms. The highest BCUT2D eigenvalue weighted by Gasteiger charge is 2.27. The number of nitro groups is 1. The van der Waals surface area contributed by atoms with Gasteiger partial charge in [-0.1, -0.05) is 30.3 Å². The van der Waals surface area contributed by atoms with Crippen LogP contribution < -0.4 is 16.0 Å². The van der Waals surface area contributed by atoms with Crippen LogP contribution in [0.3, 0.4) is 0 Å². The third-order valence-corrected chi connectivity index (χ3v) is 6.10. The van der Waals surface area contributed by atoms with Gasteiger partial charge in [-0.3, -0.25) is 19.5 Å². The van der Waals surface area contributed by atoms with Gasteiger partial charge in [-0.15, -0.1) is 0 Å². The Morgan fingerprint density at radius 3 is 2.38 bits per heavy atom. The summed E-state index contributed by atoms with van der Waals surface area (Å²) >= 11 is 0. The van der Waals surface area contributed by atoms with Crippen LogP contribution in [0.1, 0.15) is 22.4 Å². The maximum absolute atomic E-state index is 13.6. The van der Waals surface area contributed by atoms with E-state index in [1.807, 2.05) is 30.3 Å². The zero-order valence-electron chi connectivity index (χ0n) is 20.8. The minimum atomic E-state index is -0.996. The molecule has 5 aromatic rings. The summed E-state index contributed by atoms with van der Waals surface area (Å²) < 4.78 is 14.0. The van der Waals surface area contributed by atoms with E-state index in [2.05, 4.69) is 5.10 Å². The van der Waals surface area contributed by atoms with E-state index in [1.165, 1.54) is 30.3 Å². The first-order chi connectivity index (χ1) is 18.9. The number of hydrogen-bond donors (Lipinski definition) is 0. The summed E-state index contributed by atoms with van der Waals surface area (Å²) in [6, 6.07) is 17.8. The Morgan fingerprint density at radius 1 is 0.974 bits per heavy atom. The largest absolute Gasteiger partial charge is 0.497 e. The van der Waals surface area contributed by atoms with Crippen molar-refractivity contribution in [2.45, 2.75) is 13.1 Å². The van der Waals surface area contributed by atoms with Crippen LogP contribution in [0.25, 0.3) is 17.8 Å². The van der Waals surface area contributed by atoms with Crippen LogP contribution in [-0.2, 0) is 13.1 Å². The minimum absolute atomic E-state index is 0.0397. The van der Waals surface area contributed by atoms with Gasteiger partial charge >= 0.3 is 16.9 Å². The predicted octanol–water partition coefficient (Wildman–Crippen LogP) is 3.97. The van der Waals surface area contributed by atoms with Crippen molar-refractivity contribution in [2.24, 2.45) is 0 Å². The number of aromatic nitrogens is 4. The molecule has 0 amide bonds. The van der Waals surface area contributed by atoms with Gasteiger partial charge < -0.3 is 9.15 Å². The highest BCUT2D eigenvalue weighted by molar-refractivity contribution is 5.71. The maximum atomic E-state index is 13.6. The first kappa shape index (κ1) is 25.2. The van der Waals surface area contributed by atoms with Crippen molar-refractivity contribution in [1.82, 2.24) is 18.9 Å². The molecule has 0 aliphatic heterocycles. The number of nitrogens with zero attached hydrogens (tertiary/aromatic N) is 5. The zero-order chi connectivity index (χ0) is 27.4. The summed E-state index contributed by atoms with van der Waals surface area (Å²) in [7, 11) is 1.52. The second kappa shape index (κ2) is 10.9. The molecule has 0 aliphatic carbocycles. The van der Waals surface area contributed by atoms with Crippen molar-refractivity contribution >= 4 is 17.8 Å². The summed E-state index contributed by atoms with van der Waals surface area (Å²) in [5, 5.41) is 16.5. The lowest BCUT2D eigenvalue weighted by atomic mass is 10.2. The third-order valence-electron chi connectivity index (χ3n) is 6.10. The monoisotopic (exact) mass is 525 g/mol. The average molecular weight is 526 g/mol. The molecule has 0 radical (unpaired) electrons. The Bertz CT molecular complexity index is 1750. The summed E-state index contributed by atoms with van der Waals surface area (Å²) in [4.78, 5) is 38.4. The molecule has 0 unspecified atom stereocenters. The number of hydrogen-bond acceptors (Lipinski definition) is 7. The fraction of sp³-hybridized carbons (Fsp3) is 0.107. The summed E-state index contributed by atoms with van der Waals surface area (Å²) in [6.45, 7) is -0.191. The zero-order valence-corrected chi connectivity index (χ0v) is 20.8. The highest BCUT2D eigenvalue weighted by Crippen LogP contribution is 2.19. The molecule has 196 valence electrons. The number of furan rings is 1. The summed E-state index contributed by atoms with van der Waals surface area (Å²) in [6.07, 6.45) is 9.17. The van der Waals surface area contributed by atoms with Gasteiger partial charge in [0.2, 0.25) is 0 Å². The Kier molecular flexibility index (Phi) is 7.04. The van der Waals surface area contributed by atoms with Gasteiger partial charge in [-0.2, -0.15) is 5.10 Å². The first-order valence-corrected chi connectivity index (χ1v) is 11.9. The molecule has 11 heteroatoms. The van der Waals surface area contributed by atoms with E-state index in [0.717, 1.165) is 10.3 Å². The lowest BCUT2D eigenvalue weighted by molar-refractivity contribution is -0.387. The van der Waals surface area contributed by atoms with Crippen LogP contribution in [0.15, 0.2) is 99.6 Å². The Balaban J connectivity index is 1.61. The number of rotatable bonds is 9. The third kappa shape index (κ3) is 5.32. The van der Waals surface area contributed by atoms with Crippen LogP contribution in [0.4, 0.5) is 5.69 Å². The molecule has 0 fully saturated rings. The second-order valence-corrected chi connectivity index (χ2v) is 8.62. The SMILES string of the molecule is COc1ccc(Cn2c(=O)c([N+](=O)[O-])c(C=Cc3cnn(-c4ccccc4)c3)n(Cc3ccoc3)c2=O)cc1. The molecule has 0 N–H and O–H groups in total. The van der Waals surface area contributed by atoms with Gasteiger partial charge in [-0.25, -0.2) is 14.0 Å². The van der Waals surface area contributed by atoms with Gasteiger partial charge in [-0.05, 0) is 48.0 Å². The summed E-state index contributed by atoms with van der Waals surface area (Å²) in [5.41, 5.74) is 0.140. The smallest absolute Gasteiger partial charge is 0.357 e. The average Bonchev–Trinajstić information content (AvgIpc) is 3.65. The summed E-state index contributed by atoms with van der Waals surface area (Å²) in [5.74, 6) is 0.602. The molecule has 0 saturated carbocycles. The van der Waals surface area contributed by atoms with Crippen molar-refractivity contribution in [3.63, 3.8) is 0 Å². The van der Waals surface area contributed by atoms with E-state index in [0.29, 0.717) is 22.4 Å². The van der Waals surface area contributed by atoms with Gasteiger partial charge in [0.15, 0.2) is 0 Å². The normalized spacial score (nSPS) is 11.2. The predicted molar refractivity (Wildman–Crippen MR) is 144 cm³/mol. The fourth-order valence-electron chi connectivity index (χ4n) is 4.13. The topological polar surface area (TPSA) is 127 Å². The lowest BCUT2D eigenvalue weighted by Crippen LogP contribution is -2.42. The molecule has 3 heterocycles. The van der Waals surface area contributed by atoms with E-state index in [9.17, 15) is 19.7 Å². The maximum Gasteiger partial charge on any atom is 0.357 e. The number of para-hydroxylation sites is 1. The quantitative estimate of drug-likeness (QED) is 0.210. The van der Waals surface area contributed by atoms with E-state index < -0.39 is 21.9 Å². The van der Waals surface area contributed by atoms with E-state index in [-0.39, 0.29) is 18.8 Å². The van der Waals surface area contributed by atoms with Crippen molar-refractivity contribution in [2.75, 3.05) is 7.11 Å². The Labute approximate surface area is 221 Å². The molecular formula is C28H23N5O6. The molecule has 2 aromatic carbocycles. The molecule has 0 aliphatic rings. The molecule has 0 saturated heterocycles. The standard InChI is InChI=1S/C28H23N5O6/c1-38-24-10-7-20(8-11-24)16-31-27(34)26(33(36)37)25(30(28(31)35)17-22-13-14-39-19-22)12-9-21-15-29-32(18-21)23-5-3-2-4-6-23/h2-15,18-19H,16-17H2,1H3. The highest BCUT2D eigenvalue weighted by atomic mass is 16.6. The van der Waals surface area contributed by atoms with Crippen LogP contribution in [0.2, 0.25) is 0 Å². The van der Waals surface area contributed by atoms with E-state index in [1.54, 1.807) is 53.5 Å². The van der Waals surface area contributed by atoms with Crippen molar-refractivity contribution in [3.8, 4) is 11.4 Å². The van der Waals surface area contributed by atoms with Crippen LogP contribution in [0.5, 0.6) is 5.75 Å². The van der Waals surface area contributed by atoms with Crippen molar-refractivity contribution < 1.29 is 14.1 Å². The fourth-order valence-corrected chi connectivity index (χ4v) is 4.13. The molecule has 39 heavy (non-hydrogen) atoms. The Morgan fingerprint density at radius 2 is 1.72 bits per heavy atom. The van der Waals surface area contributed by atoms with E-state index in [4.69, 9.17) is 9.15 Å². The number of benzene rings is 2. The van der Waals surface area contributed by atoms with Crippen LogP contribution >= 0.6 is 0 Å². The molecule has 3 aromatic heterocycles. The van der Waals surface area contributed by atoms with Crippen molar-refractivity contribution in [3.05, 3.63) is 139 Å². The number of ether oxygens (including phenoxy) is 1. The molecule has 0 spiro atoms. The van der Waals surface area contributed by atoms with Crippen LogP contribution in [0, 0.1) is 10.1 Å². The van der Waals surface area contributed by atoms with Gasteiger partial charge in [0.1, 0.15) is 11.4 Å². The van der Waals surface area contributed by atoms with Crippen molar-refractivity contribution in [1.29, 1.82) is 0 Å². The minimum Gasteiger partial charge on any atom is -0.497 e. The molecule has 0 atom stereocenters.